The summed E-state index contributed by atoms with van der Waals surface area (Å²) in [5.74, 6) is -0.253. The van der Waals surface area contributed by atoms with Gasteiger partial charge in [0.05, 0.1) is 12.0 Å². The molecule has 0 radical (unpaired) electrons. The zero-order valence-corrected chi connectivity index (χ0v) is 16.2. The first-order chi connectivity index (χ1) is 12.6. The van der Waals surface area contributed by atoms with Gasteiger partial charge in [-0.1, -0.05) is 60.7 Å². The number of carbonyl (C=O) groups excluding carboxylic acids is 2. The number of likely N-dealkylation sites (tertiary alicyclic amines) is 1. The molecule has 1 saturated heterocycles. The van der Waals surface area contributed by atoms with Crippen molar-refractivity contribution >= 4 is 24.2 Å². The summed E-state index contributed by atoms with van der Waals surface area (Å²) in [7, 11) is 1.77. The Morgan fingerprint density at radius 2 is 1.74 bits per heavy atom. The van der Waals surface area contributed by atoms with E-state index < -0.39 is 0 Å². The molecule has 1 aliphatic rings. The molecule has 0 spiro atoms. The third kappa shape index (κ3) is 4.87. The van der Waals surface area contributed by atoms with Gasteiger partial charge in [-0.15, -0.1) is 12.4 Å². The van der Waals surface area contributed by atoms with Crippen molar-refractivity contribution in [2.75, 3.05) is 13.6 Å². The van der Waals surface area contributed by atoms with E-state index >= 15 is 0 Å². The molecule has 1 fully saturated rings. The normalized spacial score (nSPS) is 20.5. The highest BCUT2D eigenvalue weighted by Crippen LogP contribution is 2.35. The molecule has 27 heavy (non-hydrogen) atoms. The summed E-state index contributed by atoms with van der Waals surface area (Å²) in [6.45, 7) is 0.374. The van der Waals surface area contributed by atoms with Gasteiger partial charge in [0.25, 0.3) is 0 Å². The molecule has 3 unspecified atom stereocenters. The molecule has 144 valence electrons. The lowest BCUT2D eigenvalue weighted by Crippen LogP contribution is -2.47. The number of hydrogen-bond acceptors (Lipinski definition) is 3. The van der Waals surface area contributed by atoms with E-state index in [-0.39, 0.29) is 42.2 Å². The van der Waals surface area contributed by atoms with Crippen LogP contribution < -0.4 is 11.1 Å². The summed E-state index contributed by atoms with van der Waals surface area (Å²) in [4.78, 5) is 26.7. The van der Waals surface area contributed by atoms with Crippen LogP contribution in [0.25, 0.3) is 0 Å². The first-order valence-electron chi connectivity index (χ1n) is 8.96. The summed E-state index contributed by atoms with van der Waals surface area (Å²) in [6.07, 6.45) is 0.942. The zero-order valence-electron chi connectivity index (χ0n) is 15.4. The minimum atomic E-state index is -0.275. The van der Waals surface area contributed by atoms with Crippen molar-refractivity contribution in [3.63, 3.8) is 0 Å². The second-order valence-corrected chi connectivity index (χ2v) is 6.77. The number of amides is 2. The van der Waals surface area contributed by atoms with Gasteiger partial charge in [0.15, 0.2) is 0 Å². The molecule has 3 N–H and O–H groups in total. The second-order valence-electron chi connectivity index (χ2n) is 6.77. The summed E-state index contributed by atoms with van der Waals surface area (Å²) >= 11 is 0. The van der Waals surface area contributed by atoms with E-state index in [0.717, 1.165) is 11.1 Å². The van der Waals surface area contributed by atoms with Crippen molar-refractivity contribution in [1.29, 1.82) is 0 Å². The standard InChI is InChI=1S/C21H25N3O2.ClH/c1-24-19(25)13-12-17(20(24)16-10-6-3-7-11-16)21(26)23-14-18(22)15-8-4-2-5-9-15;/h2-11,17-18,20H,12-14,22H2,1H3,(H,23,26);1H. The van der Waals surface area contributed by atoms with Crippen LogP contribution in [-0.4, -0.2) is 30.3 Å². The van der Waals surface area contributed by atoms with E-state index in [4.69, 9.17) is 5.73 Å². The Labute approximate surface area is 166 Å². The summed E-state index contributed by atoms with van der Waals surface area (Å²) in [6, 6.07) is 19.0. The number of carbonyl (C=O) groups is 2. The number of benzene rings is 2. The molecule has 1 aliphatic heterocycles. The van der Waals surface area contributed by atoms with Gasteiger partial charge in [-0.3, -0.25) is 9.59 Å². The van der Waals surface area contributed by atoms with Crippen LogP contribution in [0.3, 0.4) is 0 Å². The first kappa shape index (κ1) is 20.9. The predicted molar refractivity (Wildman–Crippen MR) is 108 cm³/mol. The lowest BCUT2D eigenvalue weighted by molar-refractivity contribution is -0.141. The van der Waals surface area contributed by atoms with Gasteiger partial charge in [-0.05, 0) is 17.5 Å². The molecule has 2 aromatic rings. The fourth-order valence-electron chi connectivity index (χ4n) is 3.58. The molecular weight excluding hydrogens is 362 g/mol. The lowest BCUT2D eigenvalue weighted by Gasteiger charge is -2.38. The predicted octanol–water partition coefficient (Wildman–Crippen LogP) is 2.83. The quantitative estimate of drug-likeness (QED) is 0.828. The fraction of sp³-hybridized carbons (Fsp3) is 0.333. The molecule has 0 aliphatic carbocycles. The highest BCUT2D eigenvalue weighted by Gasteiger charge is 2.38. The highest BCUT2D eigenvalue weighted by molar-refractivity contribution is 5.85. The Morgan fingerprint density at radius 1 is 1.15 bits per heavy atom. The molecule has 6 heteroatoms. The lowest BCUT2D eigenvalue weighted by atomic mass is 9.84. The van der Waals surface area contributed by atoms with Crippen molar-refractivity contribution < 1.29 is 9.59 Å². The molecule has 0 saturated carbocycles. The van der Waals surface area contributed by atoms with Crippen molar-refractivity contribution in [2.45, 2.75) is 24.9 Å². The summed E-state index contributed by atoms with van der Waals surface area (Å²) in [5, 5.41) is 2.98. The van der Waals surface area contributed by atoms with Gasteiger partial charge in [-0.25, -0.2) is 0 Å². The average Bonchev–Trinajstić information content (AvgIpc) is 2.69. The topological polar surface area (TPSA) is 75.4 Å². The Morgan fingerprint density at radius 3 is 2.37 bits per heavy atom. The molecule has 2 aromatic carbocycles. The number of rotatable bonds is 5. The van der Waals surface area contributed by atoms with Gasteiger partial charge in [0, 0.05) is 26.1 Å². The molecule has 5 nitrogen and oxygen atoms in total. The van der Waals surface area contributed by atoms with Crippen molar-refractivity contribution in [2.24, 2.45) is 11.7 Å². The Kier molecular flexibility index (Phi) is 7.39. The SMILES string of the molecule is CN1C(=O)CCC(C(=O)NCC(N)c2ccccc2)C1c1ccccc1.Cl. The van der Waals surface area contributed by atoms with Crippen LogP contribution in [0.5, 0.6) is 0 Å². The molecule has 1 heterocycles. The van der Waals surface area contributed by atoms with E-state index in [9.17, 15) is 9.59 Å². The number of nitrogens with two attached hydrogens (primary N) is 1. The fourth-order valence-corrected chi connectivity index (χ4v) is 3.58. The van der Waals surface area contributed by atoms with Crippen LogP contribution >= 0.6 is 12.4 Å². The minimum absolute atomic E-state index is 0. The van der Waals surface area contributed by atoms with Crippen molar-refractivity contribution in [1.82, 2.24) is 10.2 Å². The van der Waals surface area contributed by atoms with Crippen LogP contribution in [0, 0.1) is 5.92 Å². The molecule has 0 bridgehead atoms. The third-order valence-corrected chi connectivity index (χ3v) is 5.06. The number of nitrogens with zero attached hydrogens (tertiary/aromatic N) is 1. The van der Waals surface area contributed by atoms with Crippen LogP contribution in [0.15, 0.2) is 60.7 Å². The zero-order chi connectivity index (χ0) is 18.5. The highest BCUT2D eigenvalue weighted by atomic mass is 35.5. The molecule has 3 atom stereocenters. The van der Waals surface area contributed by atoms with Crippen LogP contribution in [0.4, 0.5) is 0 Å². The van der Waals surface area contributed by atoms with Crippen molar-refractivity contribution in [3.8, 4) is 0 Å². The maximum absolute atomic E-state index is 12.9. The number of nitrogens with one attached hydrogen (secondary N) is 1. The van der Waals surface area contributed by atoms with Crippen LogP contribution in [-0.2, 0) is 9.59 Å². The van der Waals surface area contributed by atoms with E-state index in [1.807, 2.05) is 60.7 Å². The van der Waals surface area contributed by atoms with E-state index in [1.165, 1.54) is 0 Å². The first-order valence-corrected chi connectivity index (χ1v) is 8.96. The van der Waals surface area contributed by atoms with Gasteiger partial charge in [0.2, 0.25) is 11.8 Å². The van der Waals surface area contributed by atoms with Crippen LogP contribution in [0.2, 0.25) is 0 Å². The van der Waals surface area contributed by atoms with Gasteiger partial charge in [-0.2, -0.15) is 0 Å². The van der Waals surface area contributed by atoms with Crippen molar-refractivity contribution in [3.05, 3.63) is 71.8 Å². The Balaban J connectivity index is 0.00000261. The Bertz CT molecular complexity index is 755. The number of hydrogen-bond donors (Lipinski definition) is 2. The number of piperidine rings is 1. The largest absolute Gasteiger partial charge is 0.354 e. The maximum atomic E-state index is 12.9. The van der Waals surface area contributed by atoms with E-state index in [2.05, 4.69) is 5.32 Å². The van der Waals surface area contributed by atoms with Gasteiger partial charge < -0.3 is 16.0 Å². The number of halogens is 1. The molecular formula is C21H26ClN3O2. The van der Waals surface area contributed by atoms with Crippen LogP contribution in [0.1, 0.15) is 36.1 Å². The molecule has 2 amide bonds. The second kappa shape index (κ2) is 9.53. The summed E-state index contributed by atoms with van der Waals surface area (Å²) < 4.78 is 0. The van der Waals surface area contributed by atoms with Gasteiger partial charge >= 0.3 is 0 Å². The van der Waals surface area contributed by atoms with E-state index in [0.29, 0.717) is 19.4 Å². The maximum Gasteiger partial charge on any atom is 0.225 e. The summed E-state index contributed by atoms with van der Waals surface area (Å²) in [5.41, 5.74) is 8.16. The van der Waals surface area contributed by atoms with Gasteiger partial charge in [0.1, 0.15) is 0 Å². The van der Waals surface area contributed by atoms with E-state index in [1.54, 1.807) is 11.9 Å². The third-order valence-electron chi connectivity index (χ3n) is 5.06. The Hall–Kier alpha value is -2.37. The molecule has 0 aromatic heterocycles. The molecule has 3 rings (SSSR count). The smallest absolute Gasteiger partial charge is 0.225 e. The minimum Gasteiger partial charge on any atom is -0.354 e. The monoisotopic (exact) mass is 387 g/mol. The average molecular weight is 388 g/mol.